The Hall–Kier alpha value is -1.54. The molecule has 1 amide bonds. The van der Waals surface area contributed by atoms with Crippen LogP contribution in [-0.4, -0.2) is 37.5 Å². The van der Waals surface area contributed by atoms with Crippen LogP contribution in [0.4, 0.5) is 5.69 Å². The minimum atomic E-state index is -3.49. The van der Waals surface area contributed by atoms with Crippen LogP contribution in [-0.2, 0) is 14.8 Å². The molecule has 0 unspecified atom stereocenters. The summed E-state index contributed by atoms with van der Waals surface area (Å²) in [6.45, 7) is 1.10. The Kier molecular flexibility index (Phi) is 6.24. The summed E-state index contributed by atoms with van der Waals surface area (Å²) < 4.78 is 26.7. The summed E-state index contributed by atoms with van der Waals surface area (Å²) in [5, 5.41) is 3.41. The number of nitrogens with zero attached hydrogens (tertiary/aromatic N) is 1. The third-order valence-electron chi connectivity index (χ3n) is 4.00. The van der Waals surface area contributed by atoms with E-state index in [1.165, 1.54) is 22.1 Å². The maximum Gasteiger partial charge on any atom is 0.243 e. The van der Waals surface area contributed by atoms with Gasteiger partial charge in [0.2, 0.25) is 15.9 Å². The molecule has 0 atom stereocenters. The Balaban J connectivity index is 1.62. The molecule has 0 spiro atoms. The molecule has 138 valence electrons. The number of halogens is 1. The van der Waals surface area contributed by atoms with Crippen LogP contribution >= 0.6 is 23.4 Å². The number of sulfonamides is 1. The average molecular weight is 411 g/mol. The van der Waals surface area contributed by atoms with E-state index in [1.54, 1.807) is 30.3 Å². The van der Waals surface area contributed by atoms with Crippen molar-refractivity contribution in [2.75, 3.05) is 24.2 Å². The number of anilines is 1. The van der Waals surface area contributed by atoms with Crippen LogP contribution in [0, 0.1) is 0 Å². The highest BCUT2D eigenvalue weighted by molar-refractivity contribution is 8.00. The Morgan fingerprint density at radius 1 is 1.12 bits per heavy atom. The molecule has 1 N–H and O–H groups in total. The first-order valence-electron chi connectivity index (χ1n) is 8.23. The molecule has 1 aliphatic heterocycles. The van der Waals surface area contributed by atoms with Gasteiger partial charge in [-0.15, -0.1) is 11.8 Å². The summed E-state index contributed by atoms with van der Waals surface area (Å²) in [5.74, 6) is 0.0331. The molecule has 1 aliphatic rings. The zero-order valence-corrected chi connectivity index (χ0v) is 16.4. The Morgan fingerprint density at radius 3 is 2.50 bits per heavy atom. The Morgan fingerprint density at radius 2 is 1.81 bits per heavy atom. The monoisotopic (exact) mass is 410 g/mol. The van der Waals surface area contributed by atoms with Crippen molar-refractivity contribution >= 4 is 45.0 Å². The second-order valence-electron chi connectivity index (χ2n) is 5.93. The van der Waals surface area contributed by atoms with E-state index in [0.717, 1.165) is 17.7 Å². The first-order valence-corrected chi connectivity index (χ1v) is 11.0. The number of carbonyl (C=O) groups excluding carboxylic acids is 1. The molecule has 2 aromatic carbocycles. The number of nitrogens with one attached hydrogen (secondary N) is 1. The maximum absolute atomic E-state index is 12.6. The normalized spacial score (nSPS) is 15.1. The summed E-state index contributed by atoms with van der Waals surface area (Å²) in [6, 6.07) is 13.7. The molecule has 3 rings (SSSR count). The van der Waals surface area contributed by atoms with Gasteiger partial charge >= 0.3 is 0 Å². The van der Waals surface area contributed by atoms with Crippen molar-refractivity contribution in [2.45, 2.75) is 22.6 Å². The quantitative estimate of drug-likeness (QED) is 0.734. The highest BCUT2D eigenvalue weighted by Gasteiger charge is 2.27. The lowest BCUT2D eigenvalue weighted by atomic mass is 10.3. The Labute approximate surface area is 162 Å². The van der Waals surface area contributed by atoms with Gasteiger partial charge in [0.25, 0.3) is 0 Å². The maximum atomic E-state index is 12.6. The third-order valence-corrected chi connectivity index (χ3v) is 7.16. The smallest absolute Gasteiger partial charge is 0.243 e. The first-order chi connectivity index (χ1) is 12.4. The highest BCUT2D eigenvalue weighted by atomic mass is 35.5. The lowest BCUT2D eigenvalue weighted by Gasteiger charge is -2.16. The number of benzene rings is 2. The van der Waals surface area contributed by atoms with Crippen molar-refractivity contribution in [3.63, 3.8) is 0 Å². The molecule has 0 bridgehead atoms. The van der Waals surface area contributed by atoms with Gasteiger partial charge in [0, 0.05) is 28.7 Å². The molecule has 2 aromatic rings. The van der Waals surface area contributed by atoms with E-state index in [4.69, 9.17) is 11.6 Å². The standard InChI is InChI=1S/C18H19ClN2O3S2/c19-14-6-8-16(9-7-14)25-13-18(22)20-15-4-3-5-17(12-15)26(23,24)21-10-1-2-11-21/h3-9,12H,1-2,10-11,13H2,(H,20,22). The van der Waals surface area contributed by atoms with Crippen molar-refractivity contribution in [3.05, 3.63) is 53.6 Å². The summed E-state index contributed by atoms with van der Waals surface area (Å²) >= 11 is 7.23. The van der Waals surface area contributed by atoms with Gasteiger partial charge < -0.3 is 5.32 Å². The van der Waals surface area contributed by atoms with E-state index < -0.39 is 10.0 Å². The van der Waals surface area contributed by atoms with Crippen molar-refractivity contribution < 1.29 is 13.2 Å². The minimum Gasteiger partial charge on any atom is -0.325 e. The van der Waals surface area contributed by atoms with Gasteiger partial charge in [-0.2, -0.15) is 4.31 Å². The zero-order chi connectivity index (χ0) is 18.6. The molecule has 1 fully saturated rings. The van der Waals surface area contributed by atoms with Gasteiger partial charge in [0.1, 0.15) is 0 Å². The number of hydrogen-bond acceptors (Lipinski definition) is 4. The van der Waals surface area contributed by atoms with Gasteiger partial charge in [0.05, 0.1) is 10.6 Å². The fourth-order valence-electron chi connectivity index (χ4n) is 2.69. The van der Waals surface area contributed by atoms with E-state index in [0.29, 0.717) is 23.8 Å². The highest BCUT2D eigenvalue weighted by Crippen LogP contribution is 2.24. The molecule has 0 aromatic heterocycles. The van der Waals surface area contributed by atoms with Crippen LogP contribution in [0.1, 0.15) is 12.8 Å². The van der Waals surface area contributed by atoms with Crippen molar-refractivity contribution in [1.82, 2.24) is 4.31 Å². The van der Waals surface area contributed by atoms with E-state index >= 15 is 0 Å². The lowest BCUT2D eigenvalue weighted by Crippen LogP contribution is -2.28. The number of amides is 1. The van der Waals surface area contributed by atoms with Gasteiger partial charge in [-0.1, -0.05) is 17.7 Å². The lowest BCUT2D eigenvalue weighted by molar-refractivity contribution is -0.113. The number of rotatable bonds is 6. The molecule has 26 heavy (non-hydrogen) atoms. The van der Waals surface area contributed by atoms with Crippen LogP contribution in [0.15, 0.2) is 58.3 Å². The molecule has 0 saturated carbocycles. The largest absolute Gasteiger partial charge is 0.325 e. The van der Waals surface area contributed by atoms with Gasteiger partial charge in [-0.3, -0.25) is 4.79 Å². The van der Waals surface area contributed by atoms with Crippen molar-refractivity contribution in [2.24, 2.45) is 0 Å². The summed E-state index contributed by atoms with van der Waals surface area (Å²) in [6.07, 6.45) is 1.77. The number of hydrogen-bond donors (Lipinski definition) is 1. The summed E-state index contributed by atoms with van der Waals surface area (Å²) in [5.41, 5.74) is 0.479. The molecule has 1 saturated heterocycles. The fraction of sp³-hybridized carbons (Fsp3) is 0.278. The van der Waals surface area contributed by atoms with Gasteiger partial charge in [0.15, 0.2) is 0 Å². The fourth-order valence-corrected chi connectivity index (χ4v) is 5.08. The number of carbonyl (C=O) groups is 1. The van der Waals surface area contributed by atoms with E-state index in [9.17, 15) is 13.2 Å². The molecule has 0 aliphatic carbocycles. The van der Waals surface area contributed by atoms with E-state index in [-0.39, 0.29) is 16.6 Å². The van der Waals surface area contributed by atoms with Gasteiger partial charge in [-0.25, -0.2) is 8.42 Å². The summed E-state index contributed by atoms with van der Waals surface area (Å²) in [7, 11) is -3.49. The van der Waals surface area contributed by atoms with E-state index in [2.05, 4.69) is 5.32 Å². The predicted molar refractivity (Wildman–Crippen MR) is 105 cm³/mol. The van der Waals surface area contributed by atoms with Gasteiger partial charge in [-0.05, 0) is 55.3 Å². The van der Waals surface area contributed by atoms with Crippen LogP contribution < -0.4 is 5.32 Å². The summed E-state index contributed by atoms with van der Waals surface area (Å²) in [4.78, 5) is 13.3. The second-order valence-corrected chi connectivity index (χ2v) is 9.35. The van der Waals surface area contributed by atoms with Crippen molar-refractivity contribution in [3.8, 4) is 0 Å². The number of thioether (sulfide) groups is 1. The zero-order valence-electron chi connectivity index (χ0n) is 14.0. The van der Waals surface area contributed by atoms with Crippen LogP contribution in [0.25, 0.3) is 0 Å². The SMILES string of the molecule is O=C(CSc1ccc(Cl)cc1)Nc1cccc(S(=O)(=O)N2CCCC2)c1. The average Bonchev–Trinajstić information content (AvgIpc) is 3.17. The van der Waals surface area contributed by atoms with E-state index in [1.807, 2.05) is 12.1 Å². The topological polar surface area (TPSA) is 66.5 Å². The third kappa shape index (κ3) is 4.79. The minimum absolute atomic E-state index is 0.194. The molecule has 0 radical (unpaired) electrons. The molecule has 1 heterocycles. The molecular weight excluding hydrogens is 392 g/mol. The Bertz CT molecular complexity index is 880. The van der Waals surface area contributed by atoms with Crippen molar-refractivity contribution in [1.29, 1.82) is 0 Å². The van der Waals surface area contributed by atoms with Crippen LogP contribution in [0.3, 0.4) is 0 Å². The predicted octanol–water partition coefficient (Wildman–Crippen LogP) is 3.86. The second kappa shape index (κ2) is 8.43. The molecule has 8 heteroatoms. The van der Waals surface area contributed by atoms with Crippen LogP contribution in [0.5, 0.6) is 0 Å². The van der Waals surface area contributed by atoms with Crippen LogP contribution in [0.2, 0.25) is 5.02 Å². The molecule has 5 nitrogen and oxygen atoms in total. The first kappa shape index (κ1) is 19.2. The molecular formula is C18H19ClN2O3S2.